The van der Waals surface area contributed by atoms with Crippen LogP contribution in [0.5, 0.6) is 5.75 Å². The first-order valence-electron chi connectivity index (χ1n) is 6.85. The molecule has 2 nitrogen and oxygen atoms in total. The molecule has 0 radical (unpaired) electrons. The third-order valence-corrected chi connectivity index (χ3v) is 3.47. The summed E-state index contributed by atoms with van der Waals surface area (Å²) in [5.74, 6) is 0.341. The van der Waals surface area contributed by atoms with Crippen molar-refractivity contribution in [2.45, 2.75) is 6.04 Å². The first kappa shape index (κ1) is 13.6. The van der Waals surface area contributed by atoms with E-state index < -0.39 is 0 Å². The van der Waals surface area contributed by atoms with Crippen molar-refractivity contribution in [3.05, 3.63) is 78.1 Å². The predicted molar refractivity (Wildman–Crippen MR) is 82.8 cm³/mol. The van der Waals surface area contributed by atoms with E-state index in [0.29, 0.717) is 12.4 Å². The second-order valence-corrected chi connectivity index (χ2v) is 4.94. The standard InChI is InChI=1S/C18H16FNO/c19-14-8-10-15(11-9-14)21-12-18(20)17-7-3-5-13-4-1-2-6-16(13)17/h1-11,18H,12,20H2. The molecule has 2 N–H and O–H groups in total. The summed E-state index contributed by atoms with van der Waals surface area (Å²) in [5, 5.41) is 2.29. The molecule has 3 heteroatoms. The van der Waals surface area contributed by atoms with Gasteiger partial charge in [-0.15, -0.1) is 0 Å². The fourth-order valence-corrected chi connectivity index (χ4v) is 2.38. The molecule has 0 aliphatic carbocycles. The molecular weight excluding hydrogens is 265 g/mol. The topological polar surface area (TPSA) is 35.2 Å². The van der Waals surface area contributed by atoms with Crippen molar-refractivity contribution in [3.63, 3.8) is 0 Å². The number of halogens is 1. The molecule has 3 rings (SSSR count). The van der Waals surface area contributed by atoms with Crippen molar-refractivity contribution in [2.75, 3.05) is 6.61 Å². The van der Waals surface area contributed by atoms with Crippen molar-refractivity contribution in [3.8, 4) is 5.75 Å². The van der Waals surface area contributed by atoms with Gasteiger partial charge in [-0.3, -0.25) is 0 Å². The lowest BCUT2D eigenvalue weighted by molar-refractivity contribution is 0.291. The van der Waals surface area contributed by atoms with Gasteiger partial charge in [0, 0.05) is 0 Å². The average molecular weight is 281 g/mol. The lowest BCUT2D eigenvalue weighted by Gasteiger charge is -2.16. The average Bonchev–Trinajstić information content (AvgIpc) is 2.53. The molecule has 0 aromatic heterocycles. The smallest absolute Gasteiger partial charge is 0.123 e. The van der Waals surface area contributed by atoms with E-state index in [1.165, 1.54) is 12.1 Å². The molecule has 1 unspecified atom stereocenters. The Hall–Kier alpha value is -2.39. The number of hydrogen-bond donors (Lipinski definition) is 1. The molecule has 3 aromatic carbocycles. The summed E-state index contributed by atoms with van der Waals surface area (Å²) in [6, 6.07) is 19.9. The zero-order valence-electron chi connectivity index (χ0n) is 11.5. The molecule has 106 valence electrons. The van der Waals surface area contributed by atoms with Gasteiger partial charge in [-0.25, -0.2) is 4.39 Å². The van der Waals surface area contributed by atoms with Crippen LogP contribution in [0, 0.1) is 5.82 Å². The van der Waals surface area contributed by atoms with Crippen molar-refractivity contribution in [1.82, 2.24) is 0 Å². The molecule has 0 spiro atoms. The number of benzene rings is 3. The van der Waals surface area contributed by atoms with Crippen LogP contribution in [-0.2, 0) is 0 Å². The van der Waals surface area contributed by atoms with Gasteiger partial charge >= 0.3 is 0 Å². The van der Waals surface area contributed by atoms with Gasteiger partial charge in [0.15, 0.2) is 0 Å². The summed E-state index contributed by atoms with van der Waals surface area (Å²) in [6.45, 7) is 0.347. The van der Waals surface area contributed by atoms with Crippen molar-refractivity contribution in [2.24, 2.45) is 5.73 Å². The number of nitrogens with two attached hydrogens (primary N) is 1. The van der Waals surface area contributed by atoms with Gasteiger partial charge in [0.1, 0.15) is 18.2 Å². The lowest BCUT2D eigenvalue weighted by atomic mass is 10.00. The Labute approximate surface area is 123 Å². The Morgan fingerprint density at radius 1 is 0.905 bits per heavy atom. The maximum atomic E-state index is 12.8. The molecule has 3 aromatic rings. The third-order valence-electron chi connectivity index (χ3n) is 3.47. The molecule has 0 fully saturated rings. The Morgan fingerprint density at radius 2 is 1.62 bits per heavy atom. The zero-order chi connectivity index (χ0) is 14.7. The summed E-state index contributed by atoms with van der Waals surface area (Å²) in [4.78, 5) is 0. The fraction of sp³-hybridized carbons (Fsp3) is 0.111. The molecule has 0 aliphatic rings. The number of fused-ring (bicyclic) bond motifs is 1. The Morgan fingerprint density at radius 3 is 2.43 bits per heavy atom. The number of ether oxygens (including phenoxy) is 1. The lowest BCUT2D eigenvalue weighted by Crippen LogP contribution is -2.19. The van der Waals surface area contributed by atoms with Crippen molar-refractivity contribution in [1.29, 1.82) is 0 Å². The van der Waals surface area contributed by atoms with Gasteiger partial charge in [0.25, 0.3) is 0 Å². The summed E-state index contributed by atoms with van der Waals surface area (Å²) >= 11 is 0. The minimum absolute atomic E-state index is 0.235. The predicted octanol–water partition coefficient (Wildman–Crippen LogP) is 4.06. The first-order valence-corrected chi connectivity index (χ1v) is 6.85. The quantitative estimate of drug-likeness (QED) is 0.782. The van der Waals surface area contributed by atoms with Gasteiger partial charge in [-0.05, 0) is 40.6 Å². The van der Waals surface area contributed by atoms with Crippen LogP contribution in [0.2, 0.25) is 0 Å². The molecule has 21 heavy (non-hydrogen) atoms. The first-order chi connectivity index (χ1) is 10.2. The maximum Gasteiger partial charge on any atom is 0.123 e. The highest BCUT2D eigenvalue weighted by molar-refractivity contribution is 5.86. The number of hydrogen-bond acceptors (Lipinski definition) is 2. The number of rotatable bonds is 4. The zero-order valence-corrected chi connectivity index (χ0v) is 11.5. The van der Waals surface area contributed by atoms with Crippen molar-refractivity contribution < 1.29 is 9.13 Å². The maximum absolute atomic E-state index is 12.8. The van der Waals surface area contributed by atoms with Gasteiger partial charge in [0.2, 0.25) is 0 Å². The van der Waals surface area contributed by atoms with E-state index in [2.05, 4.69) is 18.2 Å². The Kier molecular flexibility index (Phi) is 3.84. The Balaban J connectivity index is 1.78. The van der Waals surface area contributed by atoms with Crippen LogP contribution < -0.4 is 10.5 Å². The van der Waals surface area contributed by atoms with Crippen LogP contribution in [-0.4, -0.2) is 6.61 Å². The van der Waals surface area contributed by atoms with E-state index in [1.807, 2.05) is 24.3 Å². The van der Waals surface area contributed by atoms with E-state index in [4.69, 9.17) is 10.5 Å². The summed E-state index contributed by atoms with van der Waals surface area (Å²) < 4.78 is 18.5. The highest BCUT2D eigenvalue weighted by Crippen LogP contribution is 2.23. The molecule has 0 amide bonds. The van der Waals surface area contributed by atoms with Crippen LogP contribution in [0.25, 0.3) is 10.8 Å². The van der Waals surface area contributed by atoms with E-state index in [-0.39, 0.29) is 11.9 Å². The highest BCUT2D eigenvalue weighted by Gasteiger charge is 2.10. The van der Waals surface area contributed by atoms with Crippen molar-refractivity contribution >= 4 is 10.8 Å². The molecule has 0 bridgehead atoms. The van der Waals surface area contributed by atoms with Crippen LogP contribution in [0.15, 0.2) is 66.7 Å². The molecule has 0 saturated heterocycles. The van der Waals surface area contributed by atoms with Crippen LogP contribution in [0.4, 0.5) is 4.39 Å². The van der Waals surface area contributed by atoms with Crippen LogP contribution in [0.3, 0.4) is 0 Å². The molecule has 0 saturated carbocycles. The van der Waals surface area contributed by atoms with E-state index in [0.717, 1.165) is 16.3 Å². The summed E-state index contributed by atoms with van der Waals surface area (Å²) in [5.41, 5.74) is 7.29. The largest absolute Gasteiger partial charge is 0.492 e. The van der Waals surface area contributed by atoms with Gasteiger partial charge < -0.3 is 10.5 Å². The van der Waals surface area contributed by atoms with Crippen LogP contribution >= 0.6 is 0 Å². The molecule has 0 aliphatic heterocycles. The summed E-state index contributed by atoms with van der Waals surface area (Å²) in [6.07, 6.45) is 0. The van der Waals surface area contributed by atoms with Gasteiger partial charge in [-0.2, -0.15) is 0 Å². The summed E-state index contributed by atoms with van der Waals surface area (Å²) in [7, 11) is 0. The SMILES string of the molecule is NC(COc1ccc(F)cc1)c1cccc2ccccc12. The molecule has 1 atom stereocenters. The normalized spacial score (nSPS) is 12.3. The van der Waals surface area contributed by atoms with Gasteiger partial charge in [0.05, 0.1) is 6.04 Å². The Bertz CT molecular complexity index is 734. The van der Waals surface area contributed by atoms with Crippen LogP contribution in [0.1, 0.15) is 11.6 Å². The minimum atomic E-state index is -0.277. The molecule has 0 heterocycles. The van der Waals surface area contributed by atoms with E-state index in [9.17, 15) is 4.39 Å². The van der Waals surface area contributed by atoms with E-state index in [1.54, 1.807) is 12.1 Å². The fourth-order valence-electron chi connectivity index (χ4n) is 2.38. The van der Waals surface area contributed by atoms with Gasteiger partial charge in [-0.1, -0.05) is 42.5 Å². The highest BCUT2D eigenvalue weighted by atomic mass is 19.1. The second-order valence-electron chi connectivity index (χ2n) is 4.94. The minimum Gasteiger partial charge on any atom is -0.492 e. The van der Waals surface area contributed by atoms with E-state index >= 15 is 0 Å². The molecular formula is C18H16FNO. The second kappa shape index (κ2) is 5.94. The third kappa shape index (κ3) is 3.03. The monoisotopic (exact) mass is 281 g/mol.